The van der Waals surface area contributed by atoms with Crippen molar-refractivity contribution < 1.29 is 0 Å². The van der Waals surface area contributed by atoms with Crippen molar-refractivity contribution in [3.8, 4) is 6.07 Å². The van der Waals surface area contributed by atoms with E-state index >= 15 is 0 Å². The lowest BCUT2D eigenvalue weighted by Crippen LogP contribution is -1.77. The molecule has 0 saturated heterocycles. The van der Waals surface area contributed by atoms with E-state index in [4.69, 9.17) is 5.26 Å². The van der Waals surface area contributed by atoms with Crippen molar-refractivity contribution in [2.75, 3.05) is 0 Å². The van der Waals surface area contributed by atoms with Gasteiger partial charge in [-0.1, -0.05) is 24.3 Å². The van der Waals surface area contributed by atoms with Crippen LogP contribution in [0.15, 0.2) is 24.3 Å². The largest absolute Gasteiger partial charge is 0.198 e. The number of nitriles is 1. The third-order valence-corrected chi connectivity index (χ3v) is 1.04. The molecule has 1 aromatic rings. The first-order chi connectivity index (χ1) is 4.43. The molecule has 0 saturated carbocycles. The molecule has 0 N–H and O–H groups in total. The van der Waals surface area contributed by atoms with Crippen LogP contribution in [0.4, 0.5) is 0 Å². The first kappa shape index (κ1) is 5.84. The summed E-state index contributed by atoms with van der Waals surface area (Å²) >= 11 is 0. The van der Waals surface area contributed by atoms with Gasteiger partial charge in [0.1, 0.15) is 0 Å². The van der Waals surface area contributed by atoms with E-state index in [0.717, 1.165) is 5.56 Å². The molecule has 0 aliphatic rings. The third-order valence-electron chi connectivity index (χ3n) is 1.04. The van der Waals surface area contributed by atoms with E-state index in [1.807, 2.05) is 24.3 Å². The molecule has 1 heteroatoms. The van der Waals surface area contributed by atoms with Crippen LogP contribution in [0.5, 0.6) is 0 Å². The SMILES string of the molecule is N#CCc1[c]cccc1. The first-order valence-electron chi connectivity index (χ1n) is 2.76. The third kappa shape index (κ3) is 1.58. The molecule has 0 bridgehead atoms. The maximum Gasteiger partial charge on any atom is 0.0669 e. The summed E-state index contributed by atoms with van der Waals surface area (Å²) in [5, 5.41) is 8.25. The topological polar surface area (TPSA) is 23.8 Å². The van der Waals surface area contributed by atoms with Crippen LogP contribution in [-0.2, 0) is 6.42 Å². The van der Waals surface area contributed by atoms with E-state index in [1.54, 1.807) is 0 Å². The van der Waals surface area contributed by atoms with Gasteiger partial charge in [0.25, 0.3) is 0 Å². The second-order valence-corrected chi connectivity index (χ2v) is 1.72. The van der Waals surface area contributed by atoms with E-state index in [2.05, 4.69) is 12.1 Å². The first-order valence-corrected chi connectivity index (χ1v) is 2.76. The molecule has 43 valence electrons. The molecule has 0 atom stereocenters. The van der Waals surface area contributed by atoms with Crippen LogP contribution in [0.1, 0.15) is 5.56 Å². The fourth-order valence-corrected chi connectivity index (χ4v) is 0.626. The van der Waals surface area contributed by atoms with Crippen molar-refractivity contribution in [3.63, 3.8) is 0 Å². The summed E-state index contributed by atoms with van der Waals surface area (Å²) in [6, 6.07) is 12.5. The van der Waals surface area contributed by atoms with Crippen LogP contribution in [0.3, 0.4) is 0 Å². The Morgan fingerprint density at radius 1 is 1.56 bits per heavy atom. The summed E-state index contributed by atoms with van der Waals surface area (Å²) in [7, 11) is 0. The van der Waals surface area contributed by atoms with Gasteiger partial charge < -0.3 is 0 Å². The van der Waals surface area contributed by atoms with E-state index in [1.165, 1.54) is 0 Å². The number of rotatable bonds is 1. The van der Waals surface area contributed by atoms with Crippen LogP contribution in [0.25, 0.3) is 0 Å². The number of nitrogens with zero attached hydrogens (tertiary/aromatic N) is 1. The molecule has 0 aliphatic heterocycles. The van der Waals surface area contributed by atoms with Gasteiger partial charge in [0.15, 0.2) is 0 Å². The monoisotopic (exact) mass is 116 g/mol. The average molecular weight is 116 g/mol. The van der Waals surface area contributed by atoms with Crippen LogP contribution in [-0.4, -0.2) is 0 Å². The molecule has 1 nitrogen and oxygen atoms in total. The second-order valence-electron chi connectivity index (χ2n) is 1.72. The molecule has 0 amide bonds. The van der Waals surface area contributed by atoms with Crippen molar-refractivity contribution in [3.05, 3.63) is 35.9 Å². The molecular formula is C8H6N. The van der Waals surface area contributed by atoms with Gasteiger partial charge in [0.2, 0.25) is 0 Å². The van der Waals surface area contributed by atoms with E-state index < -0.39 is 0 Å². The smallest absolute Gasteiger partial charge is 0.0669 e. The lowest BCUT2D eigenvalue weighted by atomic mass is 10.2. The van der Waals surface area contributed by atoms with Crippen molar-refractivity contribution in [1.82, 2.24) is 0 Å². The Bertz CT molecular complexity index is 208. The molecule has 0 spiro atoms. The van der Waals surface area contributed by atoms with E-state index in [9.17, 15) is 0 Å². The van der Waals surface area contributed by atoms with Gasteiger partial charge in [0.05, 0.1) is 12.5 Å². The second kappa shape index (κ2) is 2.88. The summed E-state index contributed by atoms with van der Waals surface area (Å²) in [5.74, 6) is 0. The normalized spacial score (nSPS) is 8.33. The minimum atomic E-state index is 0.459. The number of benzene rings is 1. The molecule has 0 heterocycles. The maximum atomic E-state index is 8.25. The molecule has 9 heavy (non-hydrogen) atoms. The Morgan fingerprint density at radius 2 is 2.44 bits per heavy atom. The quantitative estimate of drug-likeness (QED) is 0.546. The highest BCUT2D eigenvalue weighted by molar-refractivity contribution is 5.16. The summed E-state index contributed by atoms with van der Waals surface area (Å²) in [6.45, 7) is 0. The zero-order valence-electron chi connectivity index (χ0n) is 4.96. The zero-order valence-corrected chi connectivity index (χ0v) is 4.96. The Kier molecular flexibility index (Phi) is 1.87. The predicted molar refractivity (Wildman–Crippen MR) is 34.6 cm³/mol. The molecule has 0 fully saturated rings. The Labute approximate surface area is 54.6 Å². The van der Waals surface area contributed by atoms with Crippen molar-refractivity contribution in [2.45, 2.75) is 6.42 Å². The van der Waals surface area contributed by atoms with Crippen molar-refractivity contribution in [2.24, 2.45) is 0 Å². The predicted octanol–water partition coefficient (Wildman–Crippen LogP) is 1.55. The van der Waals surface area contributed by atoms with Crippen LogP contribution < -0.4 is 0 Å². The molecule has 0 aromatic heterocycles. The zero-order chi connectivity index (χ0) is 6.53. The fourth-order valence-electron chi connectivity index (χ4n) is 0.626. The summed E-state index contributed by atoms with van der Waals surface area (Å²) in [6.07, 6.45) is 0.459. The van der Waals surface area contributed by atoms with Gasteiger partial charge >= 0.3 is 0 Å². The number of hydrogen-bond donors (Lipinski definition) is 0. The van der Waals surface area contributed by atoms with Gasteiger partial charge in [-0.25, -0.2) is 0 Å². The van der Waals surface area contributed by atoms with Crippen molar-refractivity contribution >= 4 is 0 Å². The Hall–Kier alpha value is -1.29. The highest BCUT2D eigenvalue weighted by Crippen LogP contribution is 1.95. The van der Waals surface area contributed by atoms with E-state index in [-0.39, 0.29) is 0 Å². The maximum absolute atomic E-state index is 8.25. The molecule has 1 aromatic carbocycles. The average Bonchev–Trinajstić information content (AvgIpc) is 1.91. The fraction of sp³-hybridized carbons (Fsp3) is 0.125. The van der Waals surface area contributed by atoms with E-state index in [0.29, 0.717) is 6.42 Å². The van der Waals surface area contributed by atoms with Crippen molar-refractivity contribution in [1.29, 1.82) is 5.26 Å². The highest BCUT2D eigenvalue weighted by Gasteiger charge is 1.85. The van der Waals surface area contributed by atoms with Gasteiger partial charge in [-0.3, -0.25) is 0 Å². The summed E-state index contributed by atoms with van der Waals surface area (Å²) < 4.78 is 0. The molecule has 0 unspecified atom stereocenters. The lowest BCUT2D eigenvalue weighted by molar-refractivity contribution is 1.26. The Balaban J connectivity index is 2.76. The van der Waals surface area contributed by atoms with Gasteiger partial charge in [-0.05, 0) is 11.6 Å². The standard InChI is InChI=1S/C8H6N/c9-7-6-8-4-2-1-3-5-8/h1-4H,6H2. The minimum Gasteiger partial charge on any atom is -0.198 e. The van der Waals surface area contributed by atoms with Crippen LogP contribution in [0, 0.1) is 17.4 Å². The van der Waals surface area contributed by atoms with Crippen LogP contribution in [0.2, 0.25) is 0 Å². The minimum absolute atomic E-state index is 0.459. The van der Waals surface area contributed by atoms with Crippen LogP contribution >= 0.6 is 0 Å². The highest BCUT2D eigenvalue weighted by atomic mass is 14.2. The summed E-state index contributed by atoms with van der Waals surface area (Å²) in [5.41, 5.74) is 0.958. The molecule has 1 radical (unpaired) electrons. The lowest BCUT2D eigenvalue weighted by Gasteiger charge is -1.87. The van der Waals surface area contributed by atoms with Gasteiger partial charge in [-0.2, -0.15) is 5.26 Å². The molecule has 0 aliphatic carbocycles. The van der Waals surface area contributed by atoms with Gasteiger partial charge in [-0.15, -0.1) is 0 Å². The Morgan fingerprint density at radius 3 is 3.00 bits per heavy atom. The number of hydrogen-bond acceptors (Lipinski definition) is 1. The molecule has 1 rings (SSSR count). The van der Waals surface area contributed by atoms with Gasteiger partial charge in [0, 0.05) is 0 Å². The summed E-state index contributed by atoms with van der Waals surface area (Å²) in [4.78, 5) is 0. The molecular weight excluding hydrogens is 110 g/mol.